The number of carbonyl (C=O) groups excluding carboxylic acids is 4. The predicted octanol–water partition coefficient (Wildman–Crippen LogP) is 20.7. The quantitative estimate of drug-likeness (QED) is 0.0490. The molecule has 1 amide bonds. The normalized spacial score (nSPS) is 15.8. The molecule has 25 nitrogen and oxygen atoms in total. The van der Waals surface area contributed by atoms with Gasteiger partial charge in [-0.1, -0.05) is 92.8 Å². The van der Waals surface area contributed by atoms with E-state index >= 15 is 0 Å². The molecule has 5 aromatic carbocycles. The fourth-order valence-electron chi connectivity index (χ4n) is 20.6. The summed E-state index contributed by atoms with van der Waals surface area (Å²) < 4.78 is 36.0. The average molecular weight is 1930 g/mol. The van der Waals surface area contributed by atoms with Crippen molar-refractivity contribution in [2.24, 2.45) is 28.9 Å². The summed E-state index contributed by atoms with van der Waals surface area (Å²) >= 11 is 0. The van der Waals surface area contributed by atoms with E-state index in [1.807, 2.05) is 115 Å². The molecule has 0 saturated carbocycles. The van der Waals surface area contributed by atoms with Gasteiger partial charge in [0, 0.05) is 269 Å². The smallest absolute Gasteiger partial charge is 0.409 e. The van der Waals surface area contributed by atoms with Crippen molar-refractivity contribution < 1.29 is 38.1 Å². The van der Waals surface area contributed by atoms with E-state index in [9.17, 15) is 19.2 Å². The molecule has 5 aliphatic rings. The van der Waals surface area contributed by atoms with Crippen LogP contribution < -0.4 is 5.73 Å². The number of nitrogens with zero attached hydrogens (tertiary/aromatic N) is 16. The second-order valence-electron chi connectivity index (χ2n) is 42.2. The van der Waals surface area contributed by atoms with Gasteiger partial charge >= 0.3 is 24.0 Å². The Hall–Kier alpha value is -13.0. The maximum Gasteiger partial charge on any atom is 0.409 e. The standard InChI is InChI=1S/C26H33N3O2.C25H31N3O2.C24H29N3O2.C23H28N4O2.C20H24N4/c1-17(2)19(4)26(30)31-25(20-8-11-27-12-9-20)16-29-23-7-6-18(3)14-21(23)22-15-28(5)13-10-24(22)29;1-17-6-7-21-19(14-17)20-15-27(5)13-10-22(20)28(21)16-23(18-8-11-26-12-9-18)30-24(29)25(2,3)4;1-16(2)24(28)29-23(18-7-10-25-11-8-18)15-27-21-6-5-17(3)13-19(21)20-14-26(4)12-9-22(20)27;1-16-5-6-20-18(13-16)19-14-26(4)12-9-21(19)27(20)15-22(29-23(28)25(2)3)17-7-10-24-11-8-17;1-14-3-4-19-16(11-14)17-12-23(2)10-7-20(17)24(19)13-18(21)15-5-8-22-9-6-15/h6-9,11-12,14,17,19,25H,10,13,15-16H2,1-5H3;6-9,11-12,14,23H,10,13,15-16H2,1-5H3;5-8,10-11,13,16,23H,9,12,14-15H2,1-4H3;5-8,10-11,13,22H,9,12,14-15H2,1-4H3;3-6,8-9,11,18H,7,10,12-13,21H2,1-2H3. The van der Waals surface area contributed by atoms with Crippen LogP contribution in [0.25, 0.3) is 54.5 Å². The van der Waals surface area contributed by atoms with E-state index < -0.39 is 5.41 Å². The molecule has 0 bridgehead atoms. The summed E-state index contributed by atoms with van der Waals surface area (Å²) in [5.41, 5.74) is 37.5. The van der Waals surface area contributed by atoms with Crippen molar-refractivity contribution in [3.8, 4) is 0 Å². The number of esters is 3. The third-order valence-corrected chi connectivity index (χ3v) is 29.1. The first-order valence-corrected chi connectivity index (χ1v) is 50.8. The summed E-state index contributed by atoms with van der Waals surface area (Å²) in [6.45, 7) is 39.5. The molecule has 15 heterocycles. The number of benzene rings is 5. The Balaban J connectivity index is 0.000000129. The maximum atomic E-state index is 12.9. The number of amides is 1. The van der Waals surface area contributed by atoms with Crippen molar-refractivity contribution in [2.75, 3.05) is 82.1 Å². The maximum absolute atomic E-state index is 12.9. The number of carbonyl (C=O) groups is 4. The van der Waals surface area contributed by atoms with Gasteiger partial charge in [-0.2, -0.15) is 0 Å². The Morgan fingerprint density at radius 2 is 0.573 bits per heavy atom. The van der Waals surface area contributed by atoms with Gasteiger partial charge in [0.1, 0.15) is 24.4 Å². The van der Waals surface area contributed by atoms with Crippen molar-refractivity contribution in [3.63, 3.8) is 0 Å². The lowest BCUT2D eigenvalue weighted by Gasteiger charge is -2.27. The number of aromatic nitrogens is 10. The monoisotopic (exact) mass is 1930 g/mol. The number of nitrogens with two attached hydrogens (primary N) is 1. The molecule has 0 radical (unpaired) electrons. The van der Waals surface area contributed by atoms with Crippen LogP contribution in [-0.2, 0) is 131 Å². The highest BCUT2D eigenvalue weighted by molar-refractivity contribution is 5.91. The van der Waals surface area contributed by atoms with Crippen LogP contribution in [0.2, 0.25) is 0 Å². The van der Waals surface area contributed by atoms with E-state index in [1.165, 1.54) is 144 Å². The number of hydrogen-bond donors (Lipinski definition) is 1. The summed E-state index contributed by atoms with van der Waals surface area (Å²) in [6, 6.07) is 52.9. The minimum atomic E-state index is -0.552. The minimum Gasteiger partial charge on any atom is -0.455 e. The number of hydrogen-bond acceptors (Lipinski definition) is 19. The van der Waals surface area contributed by atoms with Crippen molar-refractivity contribution in [2.45, 2.75) is 218 Å². The van der Waals surface area contributed by atoms with Gasteiger partial charge in [-0.05, 0) is 274 Å². The number of ether oxygens (including phenoxy) is 4. The zero-order valence-corrected chi connectivity index (χ0v) is 87.5. The van der Waals surface area contributed by atoms with Crippen LogP contribution in [-0.4, -0.2) is 183 Å². The van der Waals surface area contributed by atoms with Gasteiger partial charge in [-0.3, -0.25) is 39.3 Å². The van der Waals surface area contributed by atoms with Crippen molar-refractivity contribution >= 4 is 78.5 Å². The molecule has 0 spiro atoms. The van der Waals surface area contributed by atoms with Crippen LogP contribution >= 0.6 is 0 Å². The van der Waals surface area contributed by atoms with E-state index in [-0.39, 0.29) is 72.2 Å². The van der Waals surface area contributed by atoms with Gasteiger partial charge in [0.2, 0.25) is 0 Å². The first kappa shape index (κ1) is 103. The summed E-state index contributed by atoms with van der Waals surface area (Å²) in [7, 11) is 14.3. The molecule has 20 rings (SSSR count). The number of likely N-dealkylation sites (N-methyl/N-ethyl adjacent to an activating group) is 5. The third kappa shape index (κ3) is 23.9. The Bertz CT molecular complexity index is 6810. The highest BCUT2D eigenvalue weighted by Gasteiger charge is 2.36. The molecule has 0 aliphatic carbocycles. The highest BCUT2D eigenvalue weighted by Crippen LogP contribution is 2.42. The molecule has 2 N–H and O–H groups in total. The van der Waals surface area contributed by atoms with Crippen LogP contribution in [0.3, 0.4) is 0 Å². The zero-order chi connectivity index (χ0) is 101. The Labute approximate surface area is 843 Å². The van der Waals surface area contributed by atoms with Crippen LogP contribution in [0.15, 0.2) is 214 Å². The van der Waals surface area contributed by atoms with E-state index in [2.05, 4.69) is 247 Å². The zero-order valence-electron chi connectivity index (χ0n) is 87.5. The van der Waals surface area contributed by atoms with Crippen LogP contribution in [0.4, 0.5) is 4.79 Å². The van der Waals surface area contributed by atoms with Crippen LogP contribution in [0.5, 0.6) is 0 Å². The van der Waals surface area contributed by atoms with Crippen molar-refractivity contribution in [1.82, 2.24) is 77.2 Å². The molecule has 6 atom stereocenters. The molecule has 25 heteroatoms. The Morgan fingerprint density at radius 3 is 0.818 bits per heavy atom. The molecule has 15 aromatic rings. The molecule has 143 heavy (non-hydrogen) atoms. The molecule has 6 unspecified atom stereocenters. The second kappa shape index (κ2) is 45.3. The van der Waals surface area contributed by atoms with Crippen molar-refractivity contribution in [1.29, 1.82) is 0 Å². The number of fused-ring (bicyclic) bond motifs is 15. The fraction of sp³-hybridized carbons (Fsp3) is 0.415. The predicted molar refractivity (Wildman–Crippen MR) is 569 cm³/mol. The van der Waals surface area contributed by atoms with Gasteiger partial charge in [-0.15, -0.1) is 0 Å². The SMILES string of the molecule is Cc1ccc2c(c1)c1c(n2CC(N)c2ccncc2)CCN(C)C1.Cc1ccc2c(c1)c1c(n2CC(OC(=O)C(C)(C)C)c2ccncc2)CCN(C)C1.Cc1ccc2c(c1)c1c(n2CC(OC(=O)C(C)C(C)C)c2ccncc2)CCN(C)C1.Cc1ccc2c(c1)c1c(n2CC(OC(=O)C(C)C)c2ccncc2)CCN(C)C1.Cc1ccc2c(c1)c1c(n2CC(OC(=O)N(C)C)c2ccncc2)CCN(C)C1. The van der Waals surface area contributed by atoms with Gasteiger partial charge in [-0.25, -0.2) is 4.79 Å². The molecule has 10 aromatic heterocycles. The minimum absolute atomic E-state index is 0.0198. The van der Waals surface area contributed by atoms with E-state index in [4.69, 9.17) is 24.7 Å². The van der Waals surface area contributed by atoms with E-state index in [1.54, 1.807) is 63.7 Å². The Kier molecular flexibility index (Phi) is 32.6. The van der Waals surface area contributed by atoms with Gasteiger partial charge in [0.05, 0.1) is 43.4 Å². The van der Waals surface area contributed by atoms with Crippen LogP contribution in [0.1, 0.15) is 198 Å². The van der Waals surface area contributed by atoms with E-state index in [0.717, 1.165) is 132 Å². The topological polar surface area (TPSA) is 240 Å². The lowest BCUT2D eigenvalue weighted by atomic mass is 9.97. The first-order chi connectivity index (χ1) is 68.6. The highest BCUT2D eigenvalue weighted by atomic mass is 16.6. The lowest BCUT2D eigenvalue weighted by molar-refractivity contribution is -0.160. The average Bonchev–Trinajstić information content (AvgIpc) is 1.62. The largest absolute Gasteiger partial charge is 0.455 e. The van der Waals surface area contributed by atoms with E-state index in [0.29, 0.717) is 26.2 Å². The second-order valence-corrected chi connectivity index (χ2v) is 42.2. The summed E-state index contributed by atoms with van der Waals surface area (Å²) in [5, 5.41) is 6.64. The van der Waals surface area contributed by atoms with Crippen LogP contribution in [0, 0.1) is 57.8 Å². The number of pyridine rings is 5. The Morgan fingerprint density at radius 1 is 0.336 bits per heavy atom. The first-order valence-electron chi connectivity index (χ1n) is 50.8. The fourth-order valence-corrected chi connectivity index (χ4v) is 20.6. The van der Waals surface area contributed by atoms with Gasteiger partial charge in [0.15, 0.2) is 0 Å². The number of aryl methyl sites for hydroxylation is 5. The number of rotatable bonds is 22. The van der Waals surface area contributed by atoms with Crippen molar-refractivity contribution in [3.05, 3.63) is 326 Å². The molecule has 750 valence electrons. The molecule has 5 aliphatic heterocycles. The molecule has 0 fully saturated rings. The molecular weight excluding hydrogens is 1780 g/mol. The summed E-state index contributed by atoms with van der Waals surface area (Å²) in [5.74, 6) is -0.568. The summed E-state index contributed by atoms with van der Waals surface area (Å²) in [6.07, 6.45) is 21.0. The summed E-state index contributed by atoms with van der Waals surface area (Å²) in [4.78, 5) is 84.4. The van der Waals surface area contributed by atoms with Gasteiger partial charge in [0.25, 0.3) is 0 Å². The molecule has 0 saturated heterocycles. The third-order valence-electron chi connectivity index (χ3n) is 29.1. The van der Waals surface area contributed by atoms with Gasteiger partial charge < -0.3 is 76.9 Å². The molecular formula is C118H145N17O8. The lowest BCUT2D eigenvalue weighted by Crippen LogP contribution is -2.29.